The Morgan fingerprint density at radius 2 is 2.12 bits per heavy atom. The third-order valence-electron chi connectivity index (χ3n) is 2.56. The number of carbonyl (C=O) groups excluding carboxylic acids is 2. The second-order valence-corrected chi connectivity index (χ2v) is 4.87. The van der Waals surface area contributed by atoms with Crippen molar-refractivity contribution < 1.29 is 14.4 Å². The van der Waals surface area contributed by atoms with Crippen molar-refractivity contribution in [2.45, 2.75) is 46.1 Å². The average molecular weight is 228 g/mol. The van der Waals surface area contributed by atoms with Crippen molar-refractivity contribution >= 4 is 12.0 Å². The van der Waals surface area contributed by atoms with Crippen molar-refractivity contribution in [2.75, 3.05) is 13.1 Å². The molecule has 0 unspecified atom stereocenters. The van der Waals surface area contributed by atoms with E-state index < -0.39 is 6.09 Å². The first kappa shape index (κ1) is 12.8. The van der Waals surface area contributed by atoms with Gasteiger partial charge in [0.05, 0.1) is 6.54 Å². The van der Waals surface area contributed by atoms with Crippen LogP contribution in [0.4, 0.5) is 4.79 Å². The first-order valence-electron chi connectivity index (χ1n) is 5.66. The minimum Gasteiger partial charge on any atom is -0.319 e. The molecule has 16 heavy (non-hydrogen) atoms. The molecule has 1 heterocycles. The van der Waals surface area contributed by atoms with Crippen LogP contribution in [0, 0.1) is 0 Å². The number of hydroxylamine groups is 2. The third-order valence-corrected chi connectivity index (χ3v) is 2.56. The van der Waals surface area contributed by atoms with Crippen molar-refractivity contribution in [3.63, 3.8) is 0 Å². The Morgan fingerprint density at radius 1 is 1.50 bits per heavy atom. The zero-order valence-electron chi connectivity index (χ0n) is 10.4. The zero-order chi connectivity index (χ0) is 12.3. The zero-order valence-corrected chi connectivity index (χ0v) is 10.4. The molecule has 0 bridgehead atoms. The highest BCUT2D eigenvalue weighted by atomic mass is 16.7. The maximum absolute atomic E-state index is 11.8. The Balaban J connectivity index is 2.59. The molecule has 0 aromatic carbocycles. The number of rotatable bonds is 2. The van der Waals surface area contributed by atoms with E-state index in [0.717, 1.165) is 11.5 Å². The van der Waals surface area contributed by atoms with E-state index in [2.05, 4.69) is 0 Å². The highest BCUT2D eigenvalue weighted by Gasteiger charge is 2.31. The summed E-state index contributed by atoms with van der Waals surface area (Å²) >= 11 is 0. The van der Waals surface area contributed by atoms with Gasteiger partial charge in [-0.2, -0.15) is 5.06 Å². The van der Waals surface area contributed by atoms with E-state index in [0.29, 0.717) is 19.5 Å². The molecule has 5 heteroatoms. The fourth-order valence-electron chi connectivity index (χ4n) is 1.74. The SMILES string of the molecule is CCN(C(=O)ON1CCCC1=O)C(C)(C)C. The van der Waals surface area contributed by atoms with Crippen LogP contribution in [0.2, 0.25) is 0 Å². The average Bonchev–Trinajstić information content (AvgIpc) is 2.50. The van der Waals surface area contributed by atoms with E-state index in [1.165, 1.54) is 0 Å². The number of hydrogen-bond acceptors (Lipinski definition) is 3. The van der Waals surface area contributed by atoms with Crippen molar-refractivity contribution in [1.82, 2.24) is 9.96 Å². The van der Waals surface area contributed by atoms with Crippen LogP contribution in [0.25, 0.3) is 0 Å². The van der Waals surface area contributed by atoms with Gasteiger partial charge in [0.1, 0.15) is 0 Å². The van der Waals surface area contributed by atoms with Gasteiger partial charge in [0.15, 0.2) is 0 Å². The van der Waals surface area contributed by atoms with Crippen LogP contribution in [0.5, 0.6) is 0 Å². The molecule has 0 atom stereocenters. The van der Waals surface area contributed by atoms with Gasteiger partial charge in [-0.05, 0) is 34.1 Å². The van der Waals surface area contributed by atoms with E-state index in [9.17, 15) is 9.59 Å². The van der Waals surface area contributed by atoms with Gasteiger partial charge in [-0.15, -0.1) is 0 Å². The number of carbonyl (C=O) groups is 2. The summed E-state index contributed by atoms with van der Waals surface area (Å²) in [5, 5.41) is 1.16. The Morgan fingerprint density at radius 3 is 2.50 bits per heavy atom. The van der Waals surface area contributed by atoms with Crippen LogP contribution in [-0.4, -0.2) is 40.6 Å². The topological polar surface area (TPSA) is 49.9 Å². The molecule has 0 spiro atoms. The molecular formula is C11H20N2O3. The van der Waals surface area contributed by atoms with Crippen molar-refractivity contribution in [2.24, 2.45) is 0 Å². The highest BCUT2D eigenvalue weighted by molar-refractivity contribution is 5.79. The Hall–Kier alpha value is -1.26. The number of amides is 2. The van der Waals surface area contributed by atoms with Crippen LogP contribution >= 0.6 is 0 Å². The first-order valence-corrected chi connectivity index (χ1v) is 5.66. The molecule has 0 saturated carbocycles. The summed E-state index contributed by atoms with van der Waals surface area (Å²) in [6.45, 7) is 8.76. The van der Waals surface area contributed by atoms with Crippen LogP contribution in [-0.2, 0) is 9.63 Å². The monoisotopic (exact) mass is 228 g/mol. The predicted octanol–water partition coefficient (Wildman–Crippen LogP) is 1.78. The molecule has 0 aromatic heterocycles. The van der Waals surface area contributed by atoms with Gasteiger partial charge < -0.3 is 9.74 Å². The predicted molar refractivity (Wildman–Crippen MR) is 59.6 cm³/mol. The van der Waals surface area contributed by atoms with E-state index >= 15 is 0 Å². The van der Waals surface area contributed by atoms with Gasteiger partial charge in [0.25, 0.3) is 5.91 Å². The lowest BCUT2D eigenvalue weighted by atomic mass is 10.1. The molecule has 0 aliphatic carbocycles. The Labute approximate surface area is 96.3 Å². The Bertz CT molecular complexity index is 283. The van der Waals surface area contributed by atoms with Gasteiger partial charge >= 0.3 is 6.09 Å². The van der Waals surface area contributed by atoms with E-state index in [4.69, 9.17) is 4.84 Å². The molecule has 92 valence electrons. The number of nitrogens with zero attached hydrogens (tertiary/aromatic N) is 2. The van der Waals surface area contributed by atoms with Crippen molar-refractivity contribution in [1.29, 1.82) is 0 Å². The summed E-state index contributed by atoms with van der Waals surface area (Å²) in [5.74, 6) is -0.113. The fourth-order valence-corrected chi connectivity index (χ4v) is 1.74. The van der Waals surface area contributed by atoms with Crippen molar-refractivity contribution in [3.05, 3.63) is 0 Å². The summed E-state index contributed by atoms with van der Waals surface area (Å²) in [5.41, 5.74) is -0.297. The molecule has 0 radical (unpaired) electrons. The van der Waals surface area contributed by atoms with Crippen LogP contribution in [0.1, 0.15) is 40.5 Å². The lowest BCUT2D eigenvalue weighted by Crippen LogP contribution is -2.47. The second-order valence-electron chi connectivity index (χ2n) is 4.87. The lowest BCUT2D eigenvalue weighted by Gasteiger charge is -2.34. The van der Waals surface area contributed by atoms with Crippen LogP contribution < -0.4 is 0 Å². The molecule has 2 amide bonds. The molecule has 1 fully saturated rings. The summed E-state index contributed by atoms with van der Waals surface area (Å²) in [6, 6.07) is 0. The van der Waals surface area contributed by atoms with Gasteiger partial charge in [-0.25, -0.2) is 4.79 Å². The first-order chi connectivity index (χ1) is 7.36. The maximum atomic E-state index is 11.8. The standard InChI is InChI=1S/C11H20N2O3/c1-5-12(11(2,3)4)10(15)16-13-8-6-7-9(13)14/h5-8H2,1-4H3. The quantitative estimate of drug-likeness (QED) is 0.724. The summed E-state index contributed by atoms with van der Waals surface area (Å²) in [4.78, 5) is 29.8. The molecule has 1 aliphatic rings. The largest absolute Gasteiger partial charge is 0.434 e. The molecule has 0 N–H and O–H groups in total. The summed E-state index contributed by atoms with van der Waals surface area (Å²) in [7, 11) is 0. The fraction of sp³-hybridized carbons (Fsp3) is 0.818. The summed E-state index contributed by atoms with van der Waals surface area (Å²) < 4.78 is 0. The summed E-state index contributed by atoms with van der Waals surface area (Å²) in [6.07, 6.45) is 0.771. The number of hydrogen-bond donors (Lipinski definition) is 0. The minimum absolute atomic E-state index is 0.113. The maximum Gasteiger partial charge on any atom is 0.434 e. The van der Waals surface area contributed by atoms with Gasteiger partial charge in [-0.3, -0.25) is 4.79 Å². The smallest absolute Gasteiger partial charge is 0.319 e. The molecule has 1 saturated heterocycles. The minimum atomic E-state index is -0.453. The van der Waals surface area contributed by atoms with E-state index in [1.54, 1.807) is 4.90 Å². The van der Waals surface area contributed by atoms with Gasteiger partial charge in [0, 0.05) is 18.5 Å². The molecule has 1 rings (SSSR count). The van der Waals surface area contributed by atoms with Crippen molar-refractivity contribution in [3.8, 4) is 0 Å². The van der Waals surface area contributed by atoms with E-state index in [1.807, 2.05) is 27.7 Å². The molecule has 5 nitrogen and oxygen atoms in total. The third kappa shape index (κ3) is 2.87. The normalized spacial score (nSPS) is 16.5. The Kier molecular flexibility index (Phi) is 3.78. The van der Waals surface area contributed by atoms with E-state index in [-0.39, 0.29) is 11.4 Å². The molecular weight excluding hydrogens is 208 g/mol. The lowest BCUT2D eigenvalue weighted by molar-refractivity contribution is -0.161. The van der Waals surface area contributed by atoms with Crippen LogP contribution in [0.3, 0.4) is 0 Å². The highest BCUT2D eigenvalue weighted by Crippen LogP contribution is 2.17. The second kappa shape index (κ2) is 4.72. The van der Waals surface area contributed by atoms with Crippen LogP contribution in [0.15, 0.2) is 0 Å². The molecule has 1 aliphatic heterocycles. The van der Waals surface area contributed by atoms with Gasteiger partial charge in [-0.1, -0.05) is 0 Å². The molecule has 0 aromatic rings. The van der Waals surface area contributed by atoms with Gasteiger partial charge in [0.2, 0.25) is 0 Å².